The summed E-state index contributed by atoms with van der Waals surface area (Å²) in [4.78, 5) is 11.4. The van der Waals surface area contributed by atoms with Crippen molar-refractivity contribution in [2.75, 3.05) is 6.61 Å². The van der Waals surface area contributed by atoms with E-state index in [2.05, 4.69) is 17.5 Å². The number of amides is 1. The molecule has 0 aliphatic rings. The molecule has 0 fully saturated rings. The SMILES string of the molecule is NC(=S)NC(=O)CCOc1ccccc1Oc1ccccc1. The van der Waals surface area contributed by atoms with Gasteiger partial charge in [-0.1, -0.05) is 30.3 Å². The van der Waals surface area contributed by atoms with Gasteiger partial charge in [0.1, 0.15) is 5.75 Å². The summed E-state index contributed by atoms with van der Waals surface area (Å²) in [5, 5.41) is 2.30. The zero-order chi connectivity index (χ0) is 15.8. The summed E-state index contributed by atoms with van der Waals surface area (Å²) >= 11 is 4.59. The van der Waals surface area contributed by atoms with Gasteiger partial charge in [0.2, 0.25) is 5.91 Å². The fraction of sp³-hybridized carbons (Fsp3) is 0.125. The molecule has 0 heterocycles. The Morgan fingerprint density at radius 1 is 1.05 bits per heavy atom. The van der Waals surface area contributed by atoms with Gasteiger partial charge in [0.05, 0.1) is 13.0 Å². The zero-order valence-electron chi connectivity index (χ0n) is 11.8. The average Bonchev–Trinajstić information content (AvgIpc) is 2.49. The monoisotopic (exact) mass is 316 g/mol. The van der Waals surface area contributed by atoms with Crippen LogP contribution in [0.5, 0.6) is 17.2 Å². The molecule has 0 aliphatic carbocycles. The molecule has 3 N–H and O–H groups in total. The molecule has 1 amide bonds. The van der Waals surface area contributed by atoms with Gasteiger partial charge >= 0.3 is 0 Å². The van der Waals surface area contributed by atoms with E-state index >= 15 is 0 Å². The van der Waals surface area contributed by atoms with Gasteiger partial charge in [-0.25, -0.2) is 0 Å². The van der Waals surface area contributed by atoms with Crippen LogP contribution in [0.4, 0.5) is 0 Å². The third-order valence-electron chi connectivity index (χ3n) is 2.67. The molecule has 0 saturated carbocycles. The van der Waals surface area contributed by atoms with Crippen LogP contribution in [0.2, 0.25) is 0 Å². The van der Waals surface area contributed by atoms with E-state index in [4.69, 9.17) is 15.2 Å². The van der Waals surface area contributed by atoms with Crippen LogP contribution in [-0.4, -0.2) is 17.6 Å². The first kappa shape index (κ1) is 15.8. The average molecular weight is 316 g/mol. The van der Waals surface area contributed by atoms with Gasteiger partial charge in [-0.15, -0.1) is 0 Å². The molecule has 0 atom stereocenters. The Morgan fingerprint density at radius 3 is 2.36 bits per heavy atom. The molecule has 0 radical (unpaired) electrons. The second-order valence-electron chi connectivity index (χ2n) is 4.37. The third kappa shape index (κ3) is 5.06. The molecule has 22 heavy (non-hydrogen) atoms. The predicted octanol–water partition coefficient (Wildman–Crippen LogP) is 2.61. The molecule has 6 heteroatoms. The number of carbonyl (C=O) groups is 1. The van der Waals surface area contributed by atoms with Crippen molar-refractivity contribution in [2.24, 2.45) is 5.73 Å². The lowest BCUT2D eigenvalue weighted by atomic mass is 10.3. The van der Waals surface area contributed by atoms with E-state index in [-0.39, 0.29) is 24.0 Å². The number of carbonyl (C=O) groups excluding carboxylic acids is 1. The lowest BCUT2D eigenvalue weighted by Gasteiger charge is -2.12. The Kier molecular flexibility index (Phi) is 5.73. The van der Waals surface area contributed by atoms with Crippen molar-refractivity contribution in [3.8, 4) is 17.2 Å². The second kappa shape index (κ2) is 7.99. The fourth-order valence-corrected chi connectivity index (χ4v) is 1.84. The van der Waals surface area contributed by atoms with E-state index in [1.54, 1.807) is 12.1 Å². The van der Waals surface area contributed by atoms with Crippen molar-refractivity contribution in [2.45, 2.75) is 6.42 Å². The lowest BCUT2D eigenvalue weighted by Crippen LogP contribution is -2.35. The molecule has 0 aromatic heterocycles. The number of hydrogen-bond donors (Lipinski definition) is 2. The highest BCUT2D eigenvalue weighted by atomic mass is 32.1. The van der Waals surface area contributed by atoms with E-state index in [1.807, 2.05) is 42.5 Å². The van der Waals surface area contributed by atoms with Gasteiger partial charge in [0, 0.05) is 0 Å². The number of benzene rings is 2. The molecule has 0 bridgehead atoms. The van der Waals surface area contributed by atoms with Crippen LogP contribution < -0.4 is 20.5 Å². The molecule has 114 valence electrons. The second-order valence-corrected chi connectivity index (χ2v) is 4.81. The summed E-state index contributed by atoms with van der Waals surface area (Å²) in [7, 11) is 0. The molecule has 0 aliphatic heterocycles. The Labute approximate surface area is 134 Å². The molecule has 0 spiro atoms. The molecular weight excluding hydrogens is 300 g/mol. The van der Waals surface area contributed by atoms with Crippen molar-refractivity contribution in [3.05, 3.63) is 54.6 Å². The van der Waals surface area contributed by atoms with Gasteiger partial charge in [-0.3, -0.25) is 4.79 Å². The normalized spacial score (nSPS) is 9.82. The van der Waals surface area contributed by atoms with Crippen molar-refractivity contribution in [3.63, 3.8) is 0 Å². The molecular formula is C16H16N2O3S. The van der Waals surface area contributed by atoms with Crippen LogP contribution in [-0.2, 0) is 4.79 Å². The highest BCUT2D eigenvalue weighted by molar-refractivity contribution is 7.80. The minimum Gasteiger partial charge on any atom is -0.489 e. The van der Waals surface area contributed by atoms with Crippen LogP contribution in [0.3, 0.4) is 0 Å². The van der Waals surface area contributed by atoms with E-state index < -0.39 is 0 Å². The molecule has 2 rings (SSSR count). The van der Waals surface area contributed by atoms with Gasteiger partial charge in [-0.05, 0) is 36.5 Å². The van der Waals surface area contributed by atoms with Crippen molar-refractivity contribution in [1.29, 1.82) is 0 Å². The summed E-state index contributed by atoms with van der Waals surface area (Å²) < 4.78 is 11.4. The first-order chi connectivity index (χ1) is 10.6. The molecule has 0 saturated heterocycles. The largest absolute Gasteiger partial charge is 0.489 e. The van der Waals surface area contributed by atoms with Crippen molar-refractivity contribution >= 4 is 23.2 Å². The predicted molar refractivity (Wildman–Crippen MR) is 88.0 cm³/mol. The van der Waals surface area contributed by atoms with E-state index in [0.29, 0.717) is 17.2 Å². The number of nitrogens with two attached hydrogens (primary N) is 1. The Balaban J connectivity index is 1.94. The van der Waals surface area contributed by atoms with Gasteiger partial charge in [0.25, 0.3) is 0 Å². The minimum absolute atomic E-state index is 0.0437. The maximum absolute atomic E-state index is 11.4. The third-order valence-corrected chi connectivity index (χ3v) is 2.77. The van der Waals surface area contributed by atoms with Gasteiger partial charge in [0.15, 0.2) is 16.6 Å². The van der Waals surface area contributed by atoms with Crippen LogP contribution >= 0.6 is 12.2 Å². The Bertz CT molecular complexity index is 647. The van der Waals surface area contributed by atoms with Crippen LogP contribution in [0, 0.1) is 0 Å². The molecule has 2 aromatic rings. The quantitative estimate of drug-likeness (QED) is 0.801. The minimum atomic E-state index is -0.283. The Morgan fingerprint density at radius 2 is 1.68 bits per heavy atom. The number of para-hydroxylation sites is 3. The summed E-state index contributed by atoms with van der Waals surface area (Å²) in [5.74, 6) is 1.58. The molecule has 2 aromatic carbocycles. The summed E-state index contributed by atoms with van der Waals surface area (Å²) in [6, 6.07) is 16.7. The van der Waals surface area contributed by atoms with Gasteiger partial charge < -0.3 is 20.5 Å². The number of thiocarbonyl (C=S) groups is 1. The molecule has 0 unspecified atom stereocenters. The van der Waals surface area contributed by atoms with E-state index in [0.717, 1.165) is 0 Å². The van der Waals surface area contributed by atoms with E-state index in [9.17, 15) is 4.79 Å². The van der Waals surface area contributed by atoms with Crippen LogP contribution in [0.25, 0.3) is 0 Å². The first-order valence-corrected chi connectivity index (χ1v) is 7.10. The number of hydrogen-bond acceptors (Lipinski definition) is 4. The smallest absolute Gasteiger partial charge is 0.229 e. The standard InChI is InChI=1S/C16H16N2O3S/c17-16(22)18-15(19)10-11-20-13-8-4-5-9-14(13)21-12-6-2-1-3-7-12/h1-9H,10-11H2,(H3,17,18,19,22). The molecule has 5 nitrogen and oxygen atoms in total. The number of rotatable bonds is 6. The number of nitrogens with one attached hydrogen (secondary N) is 1. The topological polar surface area (TPSA) is 73.6 Å². The highest BCUT2D eigenvalue weighted by Crippen LogP contribution is 2.31. The first-order valence-electron chi connectivity index (χ1n) is 6.69. The Hall–Kier alpha value is -2.60. The van der Waals surface area contributed by atoms with Crippen molar-refractivity contribution in [1.82, 2.24) is 5.32 Å². The van der Waals surface area contributed by atoms with E-state index in [1.165, 1.54) is 0 Å². The maximum atomic E-state index is 11.4. The summed E-state index contributed by atoms with van der Waals surface area (Å²) in [5.41, 5.74) is 5.22. The summed E-state index contributed by atoms with van der Waals surface area (Å²) in [6.07, 6.45) is 0.150. The highest BCUT2D eigenvalue weighted by Gasteiger charge is 2.07. The lowest BCUT2D eigenvalue weighted by molar-refractivity contribution is -0.120. The summed E-state index contributed by atoms with van der Waals surface area (Å²) in [6.45, 7) is 0.198. The zero-order valence-corrected chi connectivity index (χ0v) is 12.6. The van der Waals surface area contributed by atoms with Crippen molar-refractivity contribution < 1.29 is 14.3 Å². The maximum Gasteiger partial charge on any atom is 0.229 e. The fourth-order valence-electron chi connectivity index (χ4n) is 1.72. The van der Waals surface area contributed by atoms with Crippen LogP contribution in [0.1, 0.15) is 6.42 Å². The van der Waals surface area contributed by atoms with Gasteiger partial charge in [-0.2, -0.15) is 0 Å². The number of ether oxygens (including phenoxy) is 2. The van der Waals surface area contributed by atoms with Crippen LogP contribution in [0.15, 0.2) is 54.6 Å².